The molecule has 0 aromatic heterocycles. The van der Waals surface area contributed by atoms with E-state index < -0.39 is 0 Å². The Labute approximate surface area is 139 Å². The topological polar surface area (TPSA) is 55.7 Å². The molecule has 0 amide bonds. The Bertz CT molecular complexity index is 860. The summed E-state index contributed by atoms with van der Waals surface area (Å²) in [5.74, 6) is 0.508. The minimum absolute atomic E-state index is 0.340. The van der Waals surface area contributed by atoms with E-state index in [2.05, 4.69) is 5.18 Å². The van der Waals surface area contributed by atoms with Gasteiger partial charge >= 0.3 is 0 Å². The number of hydrogen-bond acceptors (Lipinski definition) is 4. The van der Waals surface area contributed by atoms with Gasteiger partial charge in [0, 0.05) is 5.56 Å². The second-order valence-electron chi connectivity index (χ2n) is 5.25. The number of aldehydes is 1. The number of nitroso groups, excluding NO2 is 1. The molecule has 0 bridgehead atoms. The van der Waals surface area contributed by atoms with E-state index in [0.717, 1.165) is 17.4 Å². The number of carbonyl (C=O) groups excluding carboxylic acids is 1. The molecule has 0 radical (unpaired) electrons. The van der Waals surface area contributed by atoms with Crippen molar-refractivity contribution in [2.24, 2.45) is 5.18 Å². The Morgan fingerprint density at radius 2 is 1.67 bits per heavy atom. The Morgan fingerprint density at radius 3 is 2.42 bits per heavy atom. The molecular formula is C20H15NO3. The quantitative estimate of drug-likeness (QED) is 0.467. The highest BCUT2D eigenvalue weighted by Crippen LogP contribution is 2.32. The summed E-state index contributed by atoms with van der Waals surface area (Å²) in [6.07, 6.45) is 0.751. The van der Waals surface area contributed by atoms with Gasteiger partial charge in [0.1, 0.15) is 18.0 Å². The van der Waals surface area contributed by atoms with Crippen molar-refractivity contribution in [3.63, 3.8) is 0 Å². The fourth-order valence-corrected chi connectivity index (χ4v) is 2.47. The maximum Gasteiger partial charge on any atom is 0.153 e. The van der Waals surface area contributed by atoms with E-state index in [0.29, 0.717) is 29.2 Å². The molecule has 0 aliphatic rings. The van der Waals surface area contributed by atoms with Crippen LogP contribution in [0.1, 0.15) is 15.9 Å². The van der Waals surface area contributed by atoms with Crippen LogP contribution in [0.25, 0.3) is 11.1 Å². The average molecular weight is 317 g/mol. The molecule has 0 saturated carbocycles. The molecule has 0 N–H and O–H groups in total. The zero-order valence-corrected chi connectivity index (χ0v) is 12.9. The zero-order valence-electron chi connectivity index (χ0n) is 12.9. The third-order valence-electron chi connectivity index (χ3n) is 3.69. The molecule has 3 rings (SSSR count). The van der Waals surface area contributed by atoms with Crippen LogP contribution in [0.4, 0.5) is 5.69 Å². The Morgan fingerprint density at radius 1 is 0.917 bits per heavy atom. The fraction of sp³-hybridized carbons (Fsp3) is 0.0500. The Balaban J connectivity index is 1.88. The first-order valence-corrected chi connectivity index (χ1v) is 7.50. The van der Waals surface area contributed by atoms with Gasteiger partial charge in [0.2, 0.25) is 0 Å². The van der Waals surface area contributed by atoms with E-state index in [1.54, 1.807) is 30.3 Å². The monoisotopic (exact) mass is 317 g/mol. The second-order valence-corrected chi connectivity index (χ2v) is 5.25. The van der Waals surface area contributed by atoms with E-state index in [1.165, 1.54) is 0 Å². The van der Waals surface area contributed by atoms with Crippen LogP contribution in [0.15, 0.2) is 78.0 Å². The molecule has 0 unspecified atom stereocenters. The summed E-state index contributed by atoms with van der Waals surface area (Å²) in [7, 11) is 0. The van der Waals surface area contributed by atoms with Gasteiger partial charge < -0.3 is 4.74 Å². The summed E-state index contributed by atoms with van der Waals surface area (Å²) >= 11 is 0. The summed E-state index contributed by atoms with van der Waals surface area (Å²) < 4.78 is 5.75. The van der Waals surface area contributed by atoms with Gasteiger partial charge in [-0.3, -0.25) is 4.79 Å². The molecule has 0 aliphatic heterocycles. The van der Waals surface area contributed by atoms with Crippen LogP contribution >= 0.6 is 0 Å². The van der Waals surface area contributed by atoms with Crippen molar-refractivity contribution in [1.29, 1.82) is 0 Å². The van der Waals surface area contributed by atoms with Gasteiger partial charge in [-0.2, -0.15) is 0 Å². The fourth-order valence-electron chi connectivity index (χ4n) is 2.47. The lowest BCUT2D eigenvalue weighted by Crippen LogP contribution is -1.98. The Kier molecular flexibility index (Phi) is 4.77. The van der Waals surface area contributed by atoms with Crippen molar-refractivity contribution in [2.75, 3.05) is 0 Å². The van der Waals surface area contributed by atoms with Gasteiger partial charge in [-0.1, -0.05) is 54.6 Å². The number of nitrogens with zero attached hydrogens (tertiary/aromatic N) is 1. The predicted molar refractivity (Wildman–Crippen MR) is 93.5 cm³/mol. The van der Waals surface area contributed by atoms with E-state index in [-0.39, 0.29) is 0 Å². The lowest BCUT2D eigenvalue weighted by molar-refractivity contribution is 0.111. The van der Waals surface area contributed by atoms with Gasteiger partial charge in [-0.05, 0) is 34.5 Å². The molecule has 0 heterocycles. The zero-order chi connectivity index (χ0) is 16.8. The smallest absolute Gasteiger partial charge is 0.153 e. The van der Waals surface area contributed by atoms with Gasteiger partial charge in [0.25, 0.3) is 0 Å². The lowest BCUT2D eigenvalue weighted by atomic mass is 10.0. The standard InChI is InChI=1S/C20H15NO3/c22-13-17-12-16(18-8-4-5-9-19(18)21-23)10-11-20(17)24-14-15-6-2-1-3-7-15/h1-13H,14H2. The molecule has 3 aromatic rings. The SMILES string of the molecule is O=Cc1cc(-c2ccccc2N=O)ccc1OCc1ccccc1. The third kappa shape index (κ3) is 3.38. The van der Waals surface area contributed by atoms with E-state index >= 15 is 0 Å². The maximum absolute atomic E-state index is 11.4. The summed E-state index contributed by atoms with van der Waals surface area (Å²) in [6.45, 7) is 0.382. The van der Waals surface area contributed by atoms with Crippen molar-refractivity contribution >= 4 is 12.0 Å². The first-order chi connectivity index (χ1) is 11.8. The van der Waals surface area contributed by atoms with Crippen molar-refractivity contribution in [3.8, 4) is 16.9 Å². The van der Waals surface area contributed by atoms with Crippen LogP contribution in [0.5, 0.6) is 5.75 Å². The molecule has 0 fully saturated rings. The Hall–Kier alpha value is -3.27. The van der Waals surface area contributed by atoms with Crippen LogP contribution in [0.3, 0.4) is 0 Å². The second kappa shape index (κ2) is 7.33. The minimum Gasteiger partial charge on any atom is -0.488 e. The van der Waals surface area contributed by atoms with Crippen molar-refractivity contribution in [3.05, 3.63) is 88.8 Å². The molecule has 4 nitrogen and oxygen atoms in total. The highest BCUT2D eigenvalue weighted by molar-refractivity contribution is 5.85. The highest BCUT2D eigenvalue weighted by Gasteiger charge is 2.09. The molecule has 3 aromatic carbocycles. The van der Waals surface area contributed by atoms with Crippen LogP contribution in [0.2, 0.25) is 0 Å². The van der Waals surface area contributed by atoms with Crippen LogP contribution < -0.4 is 4.74 Å². The summed E-state index contributed by atoms with van der Waals surface area (Å²) in [5.41, 5.74) is 3.23. The summed E-state index contributed by atoms with van der Waals surface area (Å²) in [4.78, 5) is 22.3. The normalized spacial score (nSPS) is 10.2. The summed E-state index contributed by atoms with van der Waals surface area (Å²) in [5, 5.41) is 3.03. The van der Waals surface area contributed by atoms with E-state index in [9.17, 15) is 9.70 Å². The molecule has 0 atom stereocenters. The maximum atomic E-state index is 11.4. The van der Waals surface area contributed by atoms with E-state index in [4.69, 9.17) is 4.74 Å². The number of ether oxygens (including phenoxy) is 1. The van der Waals surface area contributed by atoms with Crippen LogP contribution in [-0.4, -0.2) is 6.29 Å². The van der Waals surface area contributed by atoms with Gasteiger partial charge in [0.05, 0.1) is 5.56 Å². The third-order valence-corrected chi connectivity index (χ3v) is 3.69. The largest absolute Gasteiger partial charge is 0.488 e. The minimum atomic E-state index is 0.340. The molecule has 24 heavy (non-hydrogen) atoms. The first kappa shape index (κ1) is 15.6. The van der Waals surface area contributed by atoms with Gasteiger partial charge in [-0.15, -0.1) is 4.91 Å². The average Bonchev–Trinajstić information content (AvgIpc) is 2.67. The van der Waals surface area contributed by atoms with Crippen LogP contribution in [-0.2, 0) is 6.61 Å². The number of benzene rings is 3. The number of hydrogen-bond donors (Lipinski definition) is 0. The highest BCUT2D eigenvalue weighted by atomic mass is 16.5. The molecule has 0 saturated heterocycles. The summed E-state index contributed by atoms with van der Waals surface area (Å²) in [6, 6.07) is 22.0. The molecule has 0 aliphatic carbocycles. The lowest BCUT2D eigenvalue weighted by Gasteiger charge is -2.11. The van der Waals surface area contributed by atoms with Crippen LogP contribution in [0, 0.1) is 4.91 Å². The number of carbonyl (C=O) groups is 1. The number of rotatable bonds is 6. The van der Waals surface area contributed by atoms with Crippen molar-refractivity contribution in [1.82, 2.24) is 0 Å². The predicted octanol–water partition coefficient (Wildman–Crippen LogP) is 5.14. The molecule has 0 spiro atoms. The van der Waals surface area contributed by atoms with Crippen molar-refractivity contribution < 1.29 is 9.53 Å². The van der Waals surface area contributed by atoms with E-state index in [1.807, 2.05) is 42.5 Å². The first-order valence-electron chi connectivity index (χ1n) is 7.50. The van der Waals surface area contributed by atoms with Gasteiger partial charge in [-0.25, -0.2) is 0 Å². The van der Waals surface area contributed by atoms with Gasteiger partial charge in [0.15, 0.2) is 6.29 Å². The molecule has 4 heteroatoms. The van der Waals surface area contributed by atoms with Crippen molar-refractivity contribution in [2.45, 2.75) is 6.61 Å². The molecule has 118 valence electrons. The molecular weight excluding hydrogens is 302 g/mol.